The maximum Gasteiger partial charge on any atom is 0.270 e. The fourth-order valence-electron chi connectivity index (χ4n) is 5.71. The van der Waals surface area contributed by atoms with Gasteiger partial charge in [0.2, 0.25) is 0 Å². The molecule has 1 heterocycles. The van der Waals surface area contributed by atoms with Crippen LogP contribution in [-0.2, 0) is 11.2 Å². The molecule has 2 atom stereocenters. The van der Waals surface area contributed by atoms with Crippen LogP contribution in [0.4, 0.5) is 4.39 Å². The third kappa shape index (κ3) is 8.66. The molecular weight excluding hydrogens is 465 g/mol. The van der Waals surface area contributed by atoms with Gasteiger partial charge in [0.15, 0.2) is 0 Å². The number of rotatable bonds is 11. The fraction of sp³-hybridized carbons (Fsp3) is 0.677. The van der Waals surface area contributed by atoms with Gasteiger partial charge in [-0.05, 0) is 75.7 Å². The number of halogens is 1. The van der Waals surface area contributed by atoms with Crippen LogP contribution in [0.5, 0.6) is 0 Å². The number of nitrogens with zero attached hydrogens (tertiary/aromatic N) is 2. The van der Waals surface area contributed by atoms with Crippen molar-refractivity contribution in [3.63, 3.8) is 0 Å². The number of carbonyl (C=O) groups excluding carboxylic acids is 1. The Morgan fingerprint density at radius 1 is 1.27 bits per heavy atom. The van der Waals surface area contributed by atoms with Gasteiger partial charge in [0, 0.05) is 30.9 Å². The summed E-state index contributed by atoms with van der Waals surface area (Å²) in [6, 6.07) is 8.86. The van der Waals surface area contributed by atoms with E-state index in [1.807, 2.05) is 0 Å². The lowest BCUT2D eigenvalue weighted by molar-refractivity contribution is -0.132. The number of aryl methyl sites for hydroxylation is 1. The summed E-state index contributed by atoms with van der Waals surface area (Å²) in [5.74, 6) is 0.991. The fourth-order valence-corrected chi connectivity index (χ4v) is 5.71. The minimum absolute atomic E-state index is 0.198. The average molecular weight is 514 g/mol. The lowest BCUT2D eigenvalue weighted by Gasteiger charge is -2.37. The zero-order chi connectivity index (χ0) is 26.8. The highest BCUT2D eigenvalue weighted by atomic mass is 19.1. The summed E-state index contributed by atoms with van der Waals surface area (Å²) in [5, 5.41) is 10.2. The van der Waals surface area contributed by atoms with Gasteiger partial charge in [0.1, 0.15) is 12.4 Å². The number of benzene rings is 1. The van der Waals surface area contributed by atoms with Crippen LogP contribution in [0.3, 0.4) is 0 Å². The number of unbranched alkanes of at least 4 members (excludes halogenated alkanes) is 1. The molecule has 1 aromatic carbocycles. The van der Waals surface area contributed by atoms with E-state index in [0.29, 0.717) is 24.9 Å². The molecule has 2 fully saturated rings. The van der Waals surface area contributed by atoms with Crippen molar-refractivity contribution in [1.29, 1.82) is 0 Å². The first-order valence-electron chi connectivity index (χ1n) is 14.4. The Bertz CT molecular complexity index is 950. The molecule has 5 nitrogen and oxygen atoms in total. The minimum Gasteiger partial charge on any atom is -0.394 e. The zero-order valence-electron chi connectivity index (χ0n) is 23.3. The Morgan fingerprint density at radius 2 is 2.00 bits per heavy atom. The molecule has 0 radical (unpaired) electrons. The van der Waals surface area contributed by atoms with Gasteiger partial charge in [-0.3, -0.25) is 9.79 Å². The Labute approximate surface area is 223 Å². The summed E-state index contributed by atoms with van der Waals surface area (Å²) in [4.78, 5) is 19.8. The molecule has 0 bridgehead atoms. The summed E-state index contributed by atoms with van der Waals surface area (Å²) in [6.45, 7) is 7.29. The van der Waals surface area contributed by atoms with Gasteiger partial charge in [0.05, 0.1) is 5.60 Å². The topological polar surface area (TPSA) is 78.9 Å². The minimum atomic E-state index is -1.31. The second-order valence-corrected chi connectivity index (χ2v) is 11.6. The van der Waals surface area contributed by atoms with E-state index in [-0.39, 0.29) is 24.4 Å². The molecule has 2 unspecified atom stereocenters. The number of amides is 1. The van der Waals surface area contributed by atoms with Crippen molar-refractivity contribution >= 4 is 11.6 Å². The molecule has 1 aliphatic heterocycles. The number of nitrogens with two attached hydrogens (primary N) is 1. The monoisotopic (exact) mass is 513 g/mol. The number of likely N-dealkylation sites (tertiary alicyclic amines) is 1. The van der Waals surface area contributed by atoms with Crippen LogP contribution >= 0.6 is 0 Å². The Morgan fingerprint density at radius 3 is 2.68 bits per heavy atom. The summed E-state index contributed by atoms with van der Waals surface area (Å²) in [6.07, 6.45) is 10.2. The van der Waals surface area contributed by atoms with Crippen molar-refractivity contribution < 1.29 is 14.3 Å². The van der Waals surface area contributed by atoms with E-state index in [1.54, 1.807) is 4.90 Å². The standard InChI is InChI=1S/C31H48FN3O2/c1-4-5-9-25(21-26-10-6-8-23(2)19-26)11-7-16-34-28-20-24(3)12-13-27(28)29(33)30(36)35-17-14-31(37,22-32)15-18-35/h6,8,10,19,24-25,37H,4-5,7,9,11-18,20-22,33H2,1-3H3/b29-27-,34-28?. The smallest absolute Gasteiger partial charge is 0.270 e. The van der Waals surface area contributed by atoms with Crippen LogP contribution in [0.15, 0.2) is 40.5 Å². The molecule has 3 rings (SSSR count). The predicted molar refractivity (Wildman–Crippen MR) is 150 cm³/mol. The van der Waals surface area contributed by atoms with Gasteiger partial charge in [0.25, 0.3) is 5.91 Å². The molecule has 206 valence electrons. The number of hydrogen-bond donors (Lipinski definition) is 2. The third-order valence-electron chi connectivity index (χ3n) is 8.21. The molecule has 1 saturated heterocycles. The molecule has 1 aliphatic carbocycles. The van der Waals surface area contributed by atoms with Crippen LogP contribution in [0.25, 0.3) is 0 Å². The summed E-state index contributed by atoms with van der Waals surface area (Å²) in [7, 11) is 0. The van der Waals surface area contributed by atoms with Crippen LogP contribution < -0.4 is 5.73 Å². The highest BCUT2D eigenvalue weighted by Crippen LogP contribution is 2.29. The number of aliphatic imine (C=N–C) groups is 1. The molecule has 6 heteroatoms. The van der Waals surface area contributed by atoms with E-state index in [1.165, 1.54) is 30.4 Å². The van der Waals surface area contributed by atoms with Crippen molar-refractivity contribution in [3.8, 4) is 0 Å². The van der Waals surface area contributed by atoms with E-state index in [2.05, 4.69) is 45.0 Å². The molecule has 0 spiro atoms. The third-order valence-corrected chi connectivity index (χ3v) is 8.21. The van der Waals surface area contributed by atoms with E-state index >= 15 is 0 Å². The summed E-state index contributed by atoms with van der Waals surface area (Å²) < 4.78 is 13.1. The number of aliphatic hydroxyl groups is 1. The molecule has 37 heavy (non-hydrogen) atoms. The largest absolute Gasteiger partial charge is 0.394 e. The lowest BCUT2D eigenvalue weighted by Crippen LogP contribution is -2.49. The second-order valence-electron chi connectivity index (χ2n) is 11.6. The van der Waals surface area contributed by atoms with Crippen LogP contribution in [0.2, 0.25) is 0 Å². The van der Waals surface area contributed by atoms with E-state index < -0.39 is 12.3 Å². The van der Waals surface area contributed by atoms with Gasteiger partial charge in [-0.15, -0.1) is 0 Å². The van der Waals surface area contributed by atoms with E-state index in [9.17, 15) is 14.3 Å². The molecule has 2 aliphatic rings. The molecule has 0 aromatic heterocycles. The van der Waals surface area contributed by atoms with Crippen LogP contribution in [0.1, 0.15) is 89.2 Å². The highest BCUT2D eigenvalue weighted by Gasteiger charge is 2.35. The normalized spacial score (nSPS) is 23.2. The van der Waals surface area contributed by atoms with Gasteiger partial charge in [-0.2, -0.15) is 0 Å². The number of hydrogen-bond acceptors (Lipinski definition) is 4. The first-order valence-corrected chi connectivity index (χ1v) is 14.4. The quantitative estimate of drug-likeness (QED) is 0.285. The predicted octanol–water partition coefficient (Wildman–Crippen LogP) is 5.92. The van der Waals surface area contributed by atoms with Gasteiger partial charge < -0.3 is 15.7 Å². The number of carbonyl (C=O) groups is 1. The Kier molecular flexibility index (Phi) is 11.2. The highest BCUT2D eigenvalue weighted by molar-refractivity contribution is 6.08. The number of alkyl halides is 1. The van der Waals surface area contributed by atoms with Gasteiger partial charge in [-0.1, -0.05) is 62.9 Å². The number of allylic oxidation sites excluding steroid dienone is 1. The molecule has 1 aromatic rings. The average Bonchev–Trinajstić information content (AvgIpc) is 2.89. The zero-order valence-corrected chi connectivity index (χ0v) is 23.3. The van der Waals surface area contributed by atoms with Crippen LogP contribution in [-0.4, -0.2) is 53.5 Å². The molecule has 1 saturated carbocycles. The molecular formula is C31H48FN3O2. The molecule has 3 N–H and O–H groups in total. The van der Waals surface area contributed by atoms with E-state index in [4.69, 9.17) is 10.7 Å². The van der Waals surface area contributed by atoms with E-state index in [0.717, 1.165) is 56.4 Å². The van der Waals surface area contributed by atoms with Crippen LogP contribution in [0, 0.1) is 18.8 Å². The van der Waals surface area contributed by atoms with Gasteiger partial charge in [-0.25, -0.2) is 4.39 Å². The van der Waals surface area contributed by atoms with Crippen molar-refractivity contribution in [2.75, 3.05) is 26.3 Å². The van der Waals surface area contributed by atoms with Crippen molar-refractivity contribution in [2.24, 2.45) is 22.6 Å². The SMILES string of the molecule is CCCCC(CCCN=C1CC(C)CC/C1=C(/N)C(=O)N1CCC(O)(CF)CC1)Cc1cccc(C)c1. The number of piperidine rings is 1. The first-order chi connectivity index (χ1) is 17.7. The maximum absolute atomic E-state index is 13.2. The Balaban J connectivity index is 1.63. The van der Waals surface area contributed by atoms with Crippen molar-refractivity contribution in [1.82, 2.24) is 4.90 Å². The van der Waals surface area contributed by atoms with Gasteiger partial charge >= 0.3 is 0 Å². The second kappa shape index (κ2) is 14.1. The summed E-state index contributed by atoms with van der Waals surface area (Å²) in [5.41, 5.74) is 10.1. The lowest BCUT2D eigenvalue weighted by atomic mass is 9.84. The van der Waals surface area contributed by atoms with Crippen molar-refractivity contribution in [2.45, 2.75) is 97.0 Å². The molecule has 1 amide bonds. The summed E-state index contributed by atoms with van der Waals surface area (Å²) >= 11 is 0. The first kappa shape index (κ1) is 29.3. The van der Waals surface area contributed by atoms with Crippen molar-refractivity contribution in [3.05, 3.63) is 46.7 Å². The Hall–Kier alpha value is -2.21. The maximum atomic E-state index is 13.2.